The Morgan fingerprint density at radius 3 is 1.56 bits per heavy atom. The van der Waals surface area contributed by atoms with Gasteiger partial charge in [0.1, 0.15) is 60.8 Å². The van der Waals surface area contributed by atoms with Gasteiger partial charge in [0.15, 0.2) is 0 Å². The molecule has 7 aliphatic heterocycles. The number of carbonyl (C=O) groups is 6. The van der Waals surface area contributed by atoms with E-state index >= 15 is 0 Å². The van der Waals surface area contributed by atoms with Crippen molar-refractivity contribution in [2.24, 2.45) is 11.3 Å². The van der Waals surface area contributed by atoms with Gasteiger partial charge in [-0.2, -0.15) is 25.3 Å². The van der Waals surface area contributed by atoms with E-state index in [9.17, 15) is 54.0 Å². The van der Waals surface area contributed by atoms with Gasteiger partial charge in [-0.1, -0.05) is 61.9 Å². The van der Waals surface area contributed by atoms with E-state index in [2.05, 4.69) is 35.7 Å². The van der Waals surface area contributed by atoms with Gasteiger partial charge < -0.3 is 34.9 Å². The first-order valence-electron chi connectivity index (χ1n) is 23.4. The van der Waals surface area contributed by atoms with Crippen molar-refractivity contribution in [2.75, 3.05) is 56.7 Å². The second-order valence-electron chi connectivity index (χ2n) is 19.3. The SMILES string of the molecule is C=C(C)C(=O)SCCNC(=O)COC1C2CC3C(O2)C1OS3(=O)=O.C=C(C)C(=O)SCCNC(=O)COC1C2CC3C(S2)C1OS3(=O)=O.C=C(C)C(=O)SCCNC(=O)COC1C2OS(=O)(=O)C3CC1(C)CC23. The Hall–Kier alpha value is -2.39. The van der Waals surface area contributed by atoms with Crippen molar-refractivity contribution in [2.45, 2.75) is 128 Å². The van der Waals surface area contributed by atoms with Crippen LogP contribution < -0.4 is 16.0 Å². The quantitative estimate of drug-likeness (QED) is 0.0811. The molecule has 9 aliphatic rings. The molecular formula is C44H61N3O19S7. The van der Waals surface area contributed by atoms with Crippen molar-refractivity contribution in [3.63, 3.8) is 0 Å². The minimum atomic E-state index is -3.58. The van der Waals surface area contributed by atoms with E-state index in [1.807, 2.05) is 6.92 Å². The molecule has 9 fully saturated rings. The van der Waals surface area contributed by atoms with Gasteiger partial charge in [0.05, 0.1) is 28.8 Å². The van der Waals surface area contributed by atoms with Crippen LogP contribution in [-0.2, 0) is 90.6 Å². The molecule has 29 heteroatoms. The zero-order valence-corrected chi connectivity index (χ0v) is 46.2. The maximum absolute atomic E-state index is 12.0. The fourth-order valence-corrected chi connectivity index (χ4v) is 20.1. The molecule has 0 radical (unpaired) electrons. The molecule has 73 heavy (non-hydrogen) atoms. The number of thioether (sulfide) groups is 4. The Morgan fingerprint density at radius 1 is 0.589 bits per heavy atom. The number of carbonyl (C=O) groups excluding carboxylic acids is 6. The van der Waals surface area contributed by atoms with Crippen molar-refractivity contribution in [3.8, 4) is 0 Å². The van der Waals surface area contributed by atoms with Crippen molar-refractivity contribution >= 4 is 110 Å². The van der Waals surface area contributed by atoms with E-state index < -0.39 is 76.6 Å². The van der Waals surface area contributed by atoms with Crippen molar-refractivity contribution in [1.29, 1.82) is 0 Å². The van der Waals surface area contributed by atoms with Crippen LogP contribution in [0.25, 0.3) is 0 Å². The number of ether oxygens (including phenoxy) is 4. The van der Waals surface area contributed by atoms with Crippen LogP contribution in [0.5, 0.6) is 0 Å². The molecule has 3 amide bonds. The van der Waals surface area contributed by atoms with E-state index in [0.717, 1.165) is 41.7 Å². The second-order valence-corrected chi connectivity index (χ2v) is 29.3. The minimum absolute atomic E-state index is 0.0207. The molecule has 3 N–H and O–H groups in total. The first kappa shape index (κ1) is 58.3. The molecule has 7 saturated heterocycles. The minimum Gasteiger partial charge on any atom is -0.368 e. The van der Waals surface area contributed by atoms with Crippen LogP contribution in [-0.4, -0.2) is 190 Å². The first-order valence-corrected chi connectivity index (χ1v) is 31.7. The van der Waals surface area contributed by atoms with Crippen molar-refractivity contribution in [1.82, 2.24) is 16.0 Å². The summed E-state index contributed by atoms with van der Waals surface area (Å²) in [4.78, 5) is 69.6. The Labute approximate surface area is 442 Å². The lowest BCUT2D eigenvalue weighted by molar-refractivity contribution is -0.134. The molecule has 7 heterocycles. The van der Waals surface area contributed by atoms with Crippen LogP contribution in [0, 0.1) is 11.3 Å². The van der Waals surface area contributed by atoms with Crippen LogP contribution in [0.2, 0.25) is 0 Å². The summed E-state index contributed by atoms with van der Waals surface area (Å²) >= 11 is 4.89. The highest BCUT2D eigenvalue weighted by Crippen LogP contribution is 2.62. The summed E-state index contributed by atoms with van der Waals surface area (Å²) in [5, 5.41) is 6.27. The van der Waals surface area contributed by atoms with Crippen LogP contribution in [0.1, 0.15) is 53.4 Å². The second kappa shape index (κ2) is 23.7. The van der Waals surface area contributed by atoms with Crippen LogP contribution in [0.4, 0.5) is 0 Å². The smallest absolute Gasteiger partial charge is 0.273 e. The summed E-state index contributed by atoms with van der Waals surface area (Å²) in [6, 6.07) is 0. The zero-order valence-electron chi connectivity index (χ0n) is 40.5. The normalized spacial score (nSPS) is 35.8. The average Bonchev–Trinajstić information content (AvgIpc) is 4.20. The number of amides is 3. The Kier molecular flexibility index (Phi) is 18.9. The highest BCUT2D eigenvalue weighted by atomic mass is 32.2. The van der Waals surface area contributed by atoms with E-state index in [1.165, 1.54) is 0 Å². The maximum Gasteiger partial charge on any atom is 0.273 e. The van der Waals surface area contributed by atoms with E-state index in [0.29, 0.717) is 72.9 Å². The topological polar surface area (TPSA) is 306 Å². The van der Waals surface area contributed by atoms with Gasteiger partial charge in [-0.3, -0.25) is 41.3 Å². The van der Waals surface area contributed by atoms with E-state index in [4.69, 9.17) is 31.5 Å². The van der Waals surface area contributed by atoms with Gasteiger partial charge in [0.25, 0.3) is 30.4 Å². The van der Waals surface area contributed by atoms with Crippen LogP contribution >= 0.6 is 47.0 Å². The number of rotatable bonds is 21. The Morgan fingerprint density at radius 2 is 1.04 bits per heavy atom. The highest BCUT2D eigenvalue weighted by Gasteiger charge is 2.70. The third kappa shape index (κ3) is 13.3. The van der Waals surface area contributed by atoms with Crippen molar-refractivity contribution in [3.05, 3.63) is 36.5 Å². The Balaban J connectivity index is 0.000000160. The predicted molar refractivity (Wildman–Crippen MR) is 272 cm³/mol. The maximum atomic E-state index is 12.0. The lowest BCUT2D eigenvalue weighted by Crippen LogP contribution is -2.43. The van der Waals surface area contributed by atoms with E-state index in [1.54, 1.807) is 32.5 Å². The van der Waals surface area contributed by atoms with Gasteiger partial charge in [-0.25, -0.2) is 0 Å². The fraction of sp³-hybridized carbons (Fsp3) is 0.727. The molecule has 22 nitrogen and oxygen atoms in total. The summed E-state index contributed by atoms with van der Waals surface area (Å²) < 4.78 is 109. The van der Waals surface area contributed by atoms with Gasteiger partial charge in [0.2, 0.25) is 33.1 Å². The largest absolute Gasteiger partial charge is 0.368 e. The van der Waals surface area contributed by atoms with Gasteiger partial charge in [-0.05, 0) is 68.6 Å². The third-order valence-electron chi connectivity index (χ3n) is 13.7. The standard InChI is InChI=1S/C16H23NO6S2.C14H19NO7S2.C14H19NO6S3/c1-9(2)15(19)24-5-4-17-12(18)8-22-14-13-10-6-16(14,3)7-11(10)25(20,21)23-13;1-7(2)14(17)23-4-3-15-10(16)6-20-11-8-5-9-12(21-8)13(11)22-24(9,18)19;1-7(2)14(17)22-4-3-15-10(16)6-20-11-8-5-9-13(23-8)12(11)21-24(9,18)19/h10-11,13-14H,1,4-8H2,2-3H3,(H,17,18);2*8-9,11-13H,1,3-6H2,2H3,(H,15,16). The third-order valence-corrected chi connectivity index (χ3v) is 23.8. The molecule has 15 atom stereocenters. The summed E-state index contributed by atoms with van der Waals surface area (Å²) in [7, 11) is -10.6. The van der Waals surface area contributed by atoms with Gasteiger partial charge in [-0.15, -0.1) is 11.8 Å². The summed E-state index contributed by atoms with van der Waals surface area (Å²) in [6.07, 6.45) is -1.56. The molecule has 15 unspecified atom stereocenters. The first-order chi connectivity index (χ1) is 34.2. The average molecular weight is 1160 g/mol. The molecule has 9 rings (SSSR count). The van der Waals surface area contributed by atoms with Gasteiger partial charge >= 0.3 is 0 Å². The molecule has 2 saturated carbocycles. The lowest BCUT2D eigenvalue weighted by Gasteiger charge is -2.32. The molecule has 408 valence electrons. The zero-order chi connectivity index (χ0) is 53.4. The Bertz CT molecular complexity index is 2470. The highest BCUT2D eigenvalue weighted by molar-refractivity contribution is 8.14. The predicted octanol–water partition coefficient (Wildman–Crippen LogP) is 0.751. The van der Waals surface area contributed by atoms with Crippen LogP contribution in [0.15, 0.2) is 36.5 Å². The van der Waals surface area contributed by atoms with E-state index in [-0.39, 0.29) is 93.0 Å². The lowest BCUT2D eigenvalue weighted by atomic mass is 9.82. The monoisotopic (exact) mass is 1160 g/mol. The molecule has 0 spiro atoms. The fourth-order valence-electron chi connectivity index (χ4n) is 10.4. The molecular weight excluding hydrogens is 1100 g/mol. The summed E-state index contributed by atoms with van der Waals surface area (Å²) in [5.74, 6) is 0.446. The number of nitrogens with one attached hydrogen (secondary N) is 3. The molecule has 0 aromatic carbocycles. The summed E-state index contributed by atoms with van der Waals surface area (Å²) in [6.45, 7) is 18.1. The van der Waals surface area contributed by atoms with Gasteiger partial charge in [0, 0.05) is 48.1 Å². The summed E-state index contributed by atoms with van der Waals surface area (Å²) in [5.41, 5.74) is 1.17. The molecule has 6 bridgehead atoms. The molecule has 0 aromatic rings. The number of hydrogen-bond donors (Lipinski definition) is 3. The molecule has 0 aromatic heterocycles. The molecule has 2 aliphatic carbocycles. The van der Waals surface area contributed by atoms with Crippen molar-refractivity contribution < 1.29 is 85.5 Å². The van der Waals surface area contributed by atoms with Crippen LogP contribution in [0.3, 0.4) is 0 Å². The number of hydrogen-bond acceptors (Lipinski definition) is 23. The number of fused-ring (bicyclic) bond motifs is 3.